The third kappa shape index (κ3) is 4.69. The lowest BCUT2D eigenvalue weighted by Gasteiger charge is -2.26. The Labute approximate surface area is 152 Å². The van der Waals surface area contributed by atoms with Gasteiger partial charge in [0.05, 0.1) is 12.1 Å². The van der Waals surface area contributed by atoms with Crippen molar-refractivity contribution in [3.8, 4) is 11.5 Å². The van der Waals surface area contributed by atoms with Crippen LogP contribution in [0.15, 0.2) is 48.5 Å². The van der Waals surface area contributed by atoms with Gasteiger partial charge in [-0.3, -0.25) is 9.59 Å². The zero-order chi connectivity index (χ0) is 19.4. The van der Waals surface area contributed by atoms with E-state index in [4.69, 9.17) is 9.47 Å². The lowest BCUT2D eigenvalue weighted by Crippen LogP contribution is -2.44. The number of fused-ring (bicyclic) bond motifs is 1. The highest BCUT2D eigenvalue weighted by atomic mass is 19.4. The summed E-state index contributed by atoms with van der Waals surface area (Å²) in [5.41, 5.74) is -1.05. The van der Waals surface area contributed by atoms with Crippen molar-refractivity contribution in [2.45, 2.75) is 12.3 Å². The Hall–Kier alpha value is -3.23. The molecule has 0 aliphatic carbocycles. The van der Waals surface area contributed by atoms with Gasteiger partial charge in [-0.1, -0.05) is 18.2 Å². The normalized spacial score (nSPS) is 15.7. The second-order valence-corrected chi connectivity index (χ2v) is 5.74. The molecule has 6 nitrogen and oxygen atoms in total. The molecule has 0 radical (unpaired) electrons. The molecule has 2 aromatic rings. The summed E-state index contributed by atoms with van der Waals surface area (Å²) >= 11 is 0. The van der Waals surface area contributed by atoms with Crippen LogP contribution in [-0.4, -0.2) is 31.1 Å². The van der Waals surface area contributed by atoms with Gasteiger partial charge in [-0.15, -0.1) is 0 Å². The first kappa shape index (κ1) is 18.6. The Bertz CT molecular complexity index is 854. The van der Waals surface area contributed by atoms with E-state index in [2.05, 4.69) is 10.6 Å². The molecular weight excluding hydrogens is 365 g/mol. The number of rotatable bonds is 3. The fraction of sp³-hybridized carbons (Fsp3) is 0.222. The monoisotopic (exact) mass is 380 g/mol. The number of alkyl halides is 3. The minimum Gasteiger partial charge on any atom is -0.486 e. The molecule has 0 aromatic heterocycles. The van der Waals surface area contributed by atoms with Crippen molar-refractivity contribution in [3.05, 3.63) is 54.1 Å². The molecule has 9 heteroatoms. The van der Waals surface area contributed by atoms with Crippen LogP contribution in [0.2, 0.25) is 0 Å². The summed E-state index contributed by atoms with van der Waals surface area (Å²) in [5.74, 6) is -0.958. The van der Waals surface area contributed by atoms with Crippen LogP contribution in [0, 0.1) is 0 Å². The largest absolute Gasteiger partial charge is 0.486 e. The fourth-order valence-electron chi connectivity index (χ4n) is 2.41. The number of nitrogens with one attached hydrogen (secondary N) is 2. The Morgan fingerprint density at radius 1 is 1.04 bits per heavy atom. The van der Waals surface area contributed by atoms with Gasteiger partial charge in [0.2, 0.25) is 0 Å². The molecule has 1 heterocycles. The summed E-state index contributed by atoms with van der Waals surface area (Å²) in [6, 6.07) is 11.0. The summed E-state index contributed by atoms with van der Waals surface area (Å²) in [6.45, 7) is 0.190. The minimum absolute atomic E-state index is 0.00315. The maximum atomic E-state index is 12.7. The summed E-state index contributed by atoms with van der Waals surface area (Å²) in [7, 11) is 0. The molecule has 142 valence electrons. The number of halogens is 3. The highest BCUT2D eigenvalue weighted by Gasteiger charge is 2.30. The van der Waals surface area contributed by atoms with E-state index in [1.54, 1.807) is 24.3 Å². The van der Waals surface area contributed by atoms with Gasteiger partial charge in [0.1, 0.15) is 12.7 Å². The van der Waals surface area contributed by atoms with Crippen molar-refractivity contribution in [2.24, 2.45) is 0 Å². The van der Waals surface area contributed by atoms with E-state index >= 15 is 0 Å². The third-order valence-electron chi connectivity index (χ3n) is 3.71. The molecule has 1 aliphatic rings. The SMILES string of the molecule is O=C(NCC1COc2ccccc2O1)C(=O)Nc1cccc(C(F)(F)F)c1. The number of hydrogen-bond acceptors (Lipinski definition) is 4. The summed E-state index contributed by atoms with van der Waals surface area (Å²) in [5, 5.41) is 4.50. The van der Waals surface area contributed by atoms with Gasteiger partial charge in [0, 0.05) is 5.69 Å². The number of carbonyl (C=O) groups is 2. The Morgan fingerprint density at radius 3 is 2.52 bits per heavy atom. The zero-order valence-electron chi connectivity index (χ0n) is 13.9. The highest BCUT2D eigenvalue weighted by Crippen LogP contribution is 2.31. The Kier molecular flexibility index (Phi) is 5.20. The summed E-state index contributed by atoms with van der Waals surface area (Å²) in [4.78, 5) is 23.7. The first-order chi connectivity index (χ1) is 12.8. The fourth-order valence-corrected chi connectivity index (χ4v) is 2.41. The number of anilines is 1. The molecule has 0 bridgehead atoms. The van der Waals surface area contributed by atoms with Gasteiger partial charge in [0.15, 0.2) is 11.5 Å². The Morgan fingerprint density at radius 2 is 1.78 bits per heavy atom. The van der Waals surface area contributed by atoms with Crippen molar-refractivity contribution in [2.75, 3.05) is 18.5 Å². The number of carbonyl (C=O) groups excluding carboxylic acids is 2. The molecule has 0 saturated carbocycles. The summed E-state index contributed by atoms with van der Waals surface area (Å²) in [6.07, 6.45) is -5.04. The van der Waals surface area contributed by atoms with Crippen molar-refractivity contribution < 1.29 is 32.2 Å². The van der Waals surface area contributed by atoms with Gasteiger partial charge < -0.3 is 20.1 Å². The molecule has 1 atom stereocenters. The number of benzene rings is 2. The van der Waals surface area contributed by atoms with Gasteiger partial charge >= 0.3 is 18.0 Å². The van der Waals surface area contributed by atoms with Gasteiger partial charge in [-0.25, -0.2) is 0 Å². The predicted octanol–water partition coefficient (Wildman–Crippen LogP) is 2.60. The maximum Gasteiger partial charge on any atom is 0.416 e. The third-order valence-corrected chi connectivity index (χ3v) is 3.71. The van der Waals surface area contributed by atoms with Crippen molar-refractivity contribution in [1.82, 2.24) is 5.32 Å². The average Bonchev–Trinajstić information content (AvgIpc) is 2.65. The molecular formula is C18H15F3N2O4. The molecule has 3 rings (SSSR count). The minimum atomic E-state index is -4.54. The van der Waals surface area contributed by atoms with E-state index in [0.29, 0.717) is 11.5 Å². The molecule has 2 amide bonds. The van der Waals surface area contributed by atoms with E-state index in [1.165, 1.54) is 6.07 Å². The smallest absolute Gasteiger partial charge is 0.416 e. The number of para-hydroxylation sites is 2. The lowest BCUT2D eigenvalue weighted by atomic mass is 10.2. The lowest BCUT2D eigenvalue weighted by molar-refractivity contribution is -0.137. The number of amides is 2. The molecule has 0 spiro atoms. The average molecular weight is 380 g/mol. The van der Waals surface area contributed by atoms with Crippen LogP contribution in [0.4, 0.5) is 18.9 Å². The van der Waals surface area contributed by atoms with Crippen LogP contribution in [0.1, 0.15) is 5.56 Å². The molecule has 0 fully saturated rings. The van der Waals surface area contributed by atoms with Crippen LogP contribution in [-0.2, 0) is 15.8 Å². The van der Waals surface area contributed by atoms with Crippen molar-refractivity contribution in [1.29, 1.82) is 0 Å². The van der Waals surface area contributed by atoms with E-state index in [-0.39, 0.29) is 18.8 Å². The second-order valence-electron chi connectivity index (χ2n) is 5.74. The summed E-state index contributed by atoms with van der Waals surface area (Å²) < 4.78 is 49.2. The van der Waals surface area contributed by atoms with E-state index < -0.39 is 29.7 Å². The van der Waals surface area contributed by atoms with Crippen molar-refractivity contribution in [3.63, 3.8) is 0 Å². The highest BCUT2D eigenvalue weighted by molar-refractivity contribution is 6.39. The van der Waals surface area contributed by atoms with Crippen LogP contribution in [0.25, 0.3) is 0 Å². The molecule has 0 saturated heterocycles. The van der Waals surface area contributed by atoms with E-state index in [1.807, 2.05) is 0 Å². The van der Waals surface area contributed by atoms with E-state index in [9.17, 15) is 22.8 Å². The van der Waals surface area contributed by atoms with Gasteiger partial charge in [-0.2, -0.15) is 13.2 Å². The van der Waals surface area contributed by atoms with Gasteiger partial charge in [-0.05, 0) is 30.3 Å². The zero-order valence-corrected chi connectivity index (χ0v) is 13.9. The molecule has 2 N–H and O–H groups in total. The van der Waals surface area contributed by atoms with Crippen LogP contribution in [0.5, 0.6) is 11.5 Å². The van der Waals surface area contributed by atoms with Crippen LogP contribution >= 0.6 is 0 Å². The van der Waals surface area contributed by atoms with E-state index in [0.717, 1.165) is 18.2 Å². The molecule has 27 heavy (non-hydrogen) atoms. The topological polar surface area (TPSA) is 76.7 Å². The maximum absolute atomic E-state index is 12.7. The quantitative estimate of drug-likeness (QED) is 0.803. The predicted molar refractivity (Wildman–Crippen MR) is 89.4 cm³/mol. The van der Waals surface area contributed by atoms with Crippen LogP contribution in [0.3, 0.4) is 0 Å². The molecule has 1 aliphatic heterocycles. The molecule has 1 unspecified atom stereocenters. The number of hydrogen-bond donors (Lipinski definition) is 2. The first-order valence-electron chi connectivity index (χ1n) is 7.98. The Balaban J connectivity index is 1.52. The van der Waals surface area contributed by atoms with Crippen molar-refractivity contribution >= 4 is 17.5 Å². The van der Waals surface area contributed by atoms with Gasteiger partial charge in [0.25, 0.3) is 0 Å². The second kappa shape index (κ2) is 7.56. The van der Waals surface area contributed by atoms with Crippen LogP contribution < -0.4 is 20.1 Å². The first-order valence-corrected chi connectivity index (χ1v) is 7.98. The molecule has 2 aromatic carbocycles. The number of ether oxygens (including phenoxy) is 2. The standard InChI is InChI=1S/C18H15F3N2O4/c19-18(20,21)11-4-3-5-12(8-11)23-17(25)16(24)22-9-13-10-26-14-6-1-2-7-15(14)27-13/h1-8,13H,9-10H2,(H,22,24)(H,23,25).